The molecule has 1 aromatic carbocycles. The molecule has 0 fully saturated rings. The number of rotatable bonds is 2. The Bertz CT molecular complexity index is 474. The lowest BCUT2D eigenvalue weighted by molar-refractivity contribution is -0.122. The zero-order valence-electron chi connectivity index (χ0n) is 12.2. The number of ketones is 1. The SMILES string of the molecule is CC(C)Cc1c(O)ccc2c1CCC[C@@H](C)C(=O)C2. The number of aromatic hydroxyl groups is 1. The highest BCUT2D eigenvalue weighted by Crippen LogP contribution is 2.31. The number of carbonyl (C=O) groups excluding carboxylic acids is 1. The summed E-state index contributed by atoms with van der Waals surface area (Å²) < 4.78 is 0. The third kappa shape index (κ3) is 3.17. The molecule has 19 heavy (non-hydrogen) atoms. The van der Waals surface area contributed by atoms with E-state index in [4.69, 9.17) is 0 Å². The van der Waals surface area contributed by atoms with E-state index in [9.17, 15) is 9.90 Å². The molecule has 0 aliphatic heterocycles. The van der Waals surface area contributed by atoms with Crippen LogP contribution in [-0.2, 0) is 24.1 Å². The van der Waals surface area contributed by atoms with Gasteiger partial charge in [0, 0.05) is 12.3 Å². The van der Waals surface area contributed by atoms with Crippen LogP contribution in [0.2, 0.25) is 0 Å². The third-order valence-electron chi connectivity index (χ3n) is 4.09. The van der Waals surface area contributed by atoms with Crippen molar-refractivity contribution in [1.29, 1.82) is 0 Å². The second-order valence-corrected chi connectivity index (χ2v) is 6.24. The summed E-state index contributed by atoms with van der Waals surface area (Å²) in [5.74, 6) is 1.42. The summed E-state index contributed by atoms with van der Waals surface area (Å²) in [6.07, 6.45) is 4.41. The van der Waals surface area contributed by atoms with Gasteiger partial charge in [-0.1, -0.05) is 26.8 Å². The molecule has 0 saturated heterocycles. The Morgan fingerprint density at radius 1 is 1.37 bits per heavy atom. The lowest BCUT2D eigenvalue weighted by Gasteiger charge is -2.21. The smallest absolute Gasteiger partial charge is 0.140 e. The van der Waals surface area contributed by atoms with Crippen molar-refractivity contribution >= 4 is 5.78 Å². The number of benzene rings is 1. The van der Waals surface area contributed by atoms with Gasteiger partial charge in [-0.3, -0.25) is 4.79 Å². The van der Waals surface area contributed by atoms with Crippen LogP contribution in [0, 0.1) is 11.8 Å². The zero-order valence-corrected chi connectivity index (χ0v) is 12.2. The normalized spacial score (nSPS) is 20.0. The lowest BCUT2D eigenvalue weighted by atomic mass is 9.83. The molecular weight excluding hydrogens is 236 g/mol. The molecule has 0 unspecified atom stereocenters. The van der Waals surface area contributed by atoms with E-state index < -0.39 is 0 Å². The highest BCUT2D eigenvalue weighted by Gasteiger charge is 2.21. The summed E-state index contributed by atoms with van der Waals surface area (Å²) >= 11 is 0. The monoisotopic (exact) mass is 260 g/mol. The first kappa shape index (κ1) is 14.1. The van der Waals surface area contributed by atoms with Crippen LogP contribution in [0.15, 0.2) is 12.1 Å². The van der Waals surface area contributed by atoms with E-state index in [-0.39, 0.29) is 5.92 Å². The van der Waals surface area contributed by atoms with E-state index in [2.05, 4.69) is 13.8 Å². The van der Waals surface area contributed by atoms with E-state index in [0.717, 1.165) is 36.8 Å². The fourth-order valence-corrected chi connectivity index (χ4v) is 2.95. The van der Waals surface area contributed by atoms with Crippen LogP contribution in [0.25, 0.3) is 0 Å². The van der Waals surface area contributed by atoms with Crippen LogP contribution in [-0.4, -0.2) is 10.9 Å². The van der Waals surface area contributed by atoms with Crippen molar-refractivity contribution in [2.45, 2.75) is 52.9 Å². The van der Waals surface area contributed by atoms with E-state index >= 15 is 0 Å². The lowest BCUT2D eigenvalue weighted by Crippen LogP contribution is -2.18. The van der Waals surface area contributed by atoms with Crippen LogP contribution in [0.1, 0.15) is 50.3 Å². The standard InChI is InChI=1S/C17H24O2/c1-11(2)9-15-14-6-4-5-12(3)17(19)10-13(14)7-8-16(15)18/h7-8,11-12,18H,4-6,9-10H2,1-3H3/t12-/m1/s1. The van der Waals surface area contributed by atoms with E-state index in [1.165, 1.54) is 5.56 Å². The predicted molar refractivity (Wildman–Crippen MR) is 77.5 cm³/mol. The molecule has 1 aliphatic carbocycles. The van der Waals surface area contributed by atoms with Gasteiger partial charge in [0.1, 0.15) is 11.5 Å². The maximum atomic E-state index is 12.1. The summed E-state index contributed by atoms with van der Waals surface area (Å²) in [6, 6.07) is 3.69. The Hall–Kier alpha value is -1.31. The molecule has 0 saturated carbocycles. The van der Waals surface area contributed by atoms with Crippen molar-refractivity contribution in [3.05, 3.63) is 28.8 Å². The summed E-state index contributed by atoms with van der Waals surface area (Å²) in [5.41, 5.74) is 3.42. The largest absolute Gasteiger partial charge is 0.508 e. The molecular formula is C17H24O2. The molecule has 0 radical (unpaired) electrons. The summed E-state index contributed by atoms with van der Waals surface area (Å²) in [7, 11) is 0. The van der Waals surface area contributed by atoms with Crippen LogP contribution in [0.3, 0.4) is 0 Å². The van der Waals surface area contributed by atoms with Gasteiger partial charge in [-0.15, -0.1) is 0 Å². The topological polar surface area (TPSA) is 37.3 Å². The third-order valence-corrected chi connectivity index (χ3v) is 4.09. The van der Waals surface area contributed by atoms with Crippen molar-refractivity contribution in [3.8, 4) is 5.75 Å². The highest BCUT2D eigenvalue weighted by atomic mass is 16.3. The number of carbonyl (C=O) groups is 1. The molecule has 0 heterocycles. The molecule has 2 rings (SSSR count). The van der Waals surface area contributed by atoms with Crippen molar-refractivity contribution in [2.75, 3.05) is 0 Å². The summed E-state index contributed by atoms with van der Waals surface area (Å²) in [6.45, 7) is 6.35. The summed E-state index contributed by atoms with van der Waals surface area (Å²) in [5, 5.41) is 10.1. The molecule has 0 spiro atoms. The Morgan fingerprint density at radius 3 is 2.79 bits per heavy atom. The van der Waals surface area contributed by atoms with Crippen LogP contribution >= 0.6 is 0 Å². The Kier molecular flexibility index (Phi) is 4.28. The summed E-state index contributed by atoms with van der Waals surface area (Å²) in [4.78, 5) is 12.1. The first-order valence-corrected chi connectivity index (χ1v) is 7.34. The molecule has 0 amide bonds. The van der Waals surface area contributed by atoms with Crippen molar-refractivity contribution < 1.29 is 9.90 Å². The number of phenols is 1. The quantitative estimate of drug-likeness (QED) is 0.880. The minimum atomic E-state index is 0.176. The number of phenolic OH excluding ortho intramolecular Hbond substituents is 1. The average molecular weight is 260 g/mol. The van der Waals surface area contributed by atoms with Gasteiger partial charge in [0.05, 0.1) is 0 Å². The maximum Gasteiger partial charge on any atom is 0.140 e. The van der Waals surface area contributed by atoms with Gasteiger partial charge in [0.2, 0.25) is 0 Å². The first-order valence-electron chi connectivity index (χ1n) is 7.34. The minimum absolute atomic E-state index is 0.176. The molecule has 0 aromatic heterocycles. The van der Waals surface area contributed by atoms with Gasteiger partial charge in [0.15, 0.2) is 0 Å². The van der Waals surface area contributed by atoms with Crippen molar-refractivity contribution in [3.63, 3.8) is 0 Å². The van der Waals surface area contributed by atoms with Crippen LogP contribution in [0.4, 0.5) is 0 Å². The number of fused-ring (bicyclic) bond motifs is 1. The highest BCUT2D eigenvalue weighted by molar-refractivity contribution is 5.83. The van der Waals surface area contributed by atoms with Gasteiger partial charge >= 0.3 is 0 Å². The second-order valence-electron chi connectivity index (χ2n) is 6.24. The Labute approximate surface area is 115 Å². The van der Waals surface area contributed by atoms with E-state index in [1.54, 1.807) is 6.07 Å². The van der Waals surface area contributed by atoms with Gasteiger partial charge in [-0.2, -0.15) is 0 Å². The molecule has 1 aromatic rings. The molecule has 2 heteroatoms. The second kappa shape index (κ2) is 5.77. The fourth-order valence-electron chi connectivity index (χ4n) is 2.95. The number of Topliss-reactive ketones (excluding diaryl/α,β-unsaturated/α-hetero) is 1. The van der Waals surface area contributed by atoms with Gasteiger partial charge in [-0.25, -0.2) is 0 Å². The van der Waals surface area contributed by atoms with Gasteiger partial charge in [0.25, 0.3) is 0 Å². The van der Waals surface area contributed by atoms with Crippen molar-refractivity contribution in [2.24, 2.45) is 11.8 Å². The molecule has 0 bridgehead atoms. The maximum absolute atomic E-state index is 12.1. The van der Waals surface area contributed by atoms with E-state index in [0.29, 0.717) is 23.9 Å². The predicted octanol–water partition coefficient (Wildman–Crippen LogP) is 3.67. The molecule has 2 nitrogen and oxygen atoms in total. The number of hydrogen-bond acceptors (Lipinski definition) is 2. The molecule has 1 aliphatic rings. The number of hydrogen-bond donors (Lipinski definition) is 1. The first-order chi connectivity index (χ1) is 8.99. The Morgan fingerprint density at radius 2 is 2.11 bits per heavy atom. The minimum Gasteiger partial charge on any atom is -0.508 e. The fraction of sp³-hybridized carbons (Fsp3) is 0.588. The van der Waals surface area contributed by atoms with Crippen LogP contribution in [0.5, 0.6) is 5.75 Å². The molecule has 1 N–H and O–H groups in total. The molecule has 1 atom stereocenters. The molecule has 104 valence electrons. The van der Waals surface area contributed by atoms with Crippen LogP contribution < -0.4 is 0 Å². The Balaban J connectivity index is 2.42. The van der Waals surface area contributed by atoms with Gasteiger partial charge in [-0.05, 0) is 54.4 Å². The van der Waals surface area contributed by atoms with Crippen molar-refractivity contribution in [1.82, 2.24) is 0 Å². The average Bonchev–Trinajstić information content (AvgIpc) is 2.33. The van der Waals surface area contributed by atoms with E-state index in [1.807, 2.05) is 13.0 Å². The zero-order chi connectivity index (χ0) is 14.0. The van der Waals surface area contributed by atoms with Gasteiger partial charge < -0.3 is 5.11 Å².